The van der Waals surface area contributed by atoms with Crippen LogP contribution >= 0.6 is 47.8 Å². The summed E-state index contributed by atoms with van der Waals surface area (Å²) in [5.41, 5.74) is 7.42. The number of fused-ring (bicyclic) bond motifs is 2. The van der Waals surface area contributed by atoms with E-state index in [4.69, 9.17) is 31.8 Å². The number of nitrogens with two attached hydrogens (primary N) is 1. The molecule has 168 valence electrons. The Bertz CT molecular complexity index is 1000. The Morgan fingerprint density at radius 3 is 2.61 bits per heavy atom. The van der Waals surface area contributed by atoms with Crippen LogP contribution in [-0.2, 0) is 0 Å². The van der Waals surface area contributed by atoms with Crippen LogP contribution in [0, 0.1) is 5.92 Å². The summed E-state index contributed by atoms with van der Waals surface area (Å²) in [6.07, 6.45) is 1.81. The Morgan fingerprint density at radius 2 is 1.87 bits per heavy atom. The van der Waals surface area contributed by atoms with Crippen molar-refractivity contribution in [2.75, 3.05) is 24.6 Å². The molecule has 2 atom stereocenters. The van der Waals surface area contributed by atoms with E-state index in [1.807, 2.05) is 18.2 Å². The minimum absolute atomic E-state index is 0. The molecule has 2 unspecified atom stereocenters. The highest BCUT2D eigenvalue weighted by Gasteiger charge is 2.43. The quantitative estimate of drug-likeness (QED) is 0.507. The maximum atomic E-state index is 6.84. The molecule has 1 fully saturated rings. The molecule has 5 rings (SSSR count). The molecule has 5 nitrogen and oxygen atoms in total. The van der Waals surface area contributed by atoms with E-state index < -0.39 is 5.54 Å². The summed E-state index contributed by atoms with van der Waals surface area (Å²) in [6, 6.07) is 13.8. The number of anilines is 1. The van der Waals surface area contributed by atoms with Crippen LogP contribution in [0.1, 0.15) is 19.8 Å². The number of piperidine rings is 1. The van der Waals surface area contributed by atoms with Gasteiger partial charge in [-0.15, -0.1) is 24.8 Å². The number of benzene rings is 2. The molecule has 31 heavy (non-hydrogen) atoms. The van der Waals surface area contributed by atoms with E-state index in [-0.39, 0.29) is 30.9 Å². The van der Waals surface area contributed by atoms with E-state index in [1.54, 1.807) is 17.4 Å². The third-order valence-corrected chi connectivity index (χ3v) is 7.52. The summed E-state index contributed by atoms with van der Waals surface area (Å²) >= 11 is 7.87. The zero-order valence-corrected chi connectivity index (χ0v) is 20.3. The van der Waals surface area contributed by atoms with E-state index in [0.717, 1.165) is 42.3 Å². The molecule has 0 spiro atoms. The van der Waals surface area contributed by atoms with E-state index in [1.165, 1.54) is 4.70 Å². The van der Waals surface area contributed by atoms with Gasteiger partial charge in [-0.1, -0.05) is 35.1 Å². The topological polar surface area (TPSA) is 60.6 Å². The van der Waals surface area contributed by atoms with Crippen molar-refractivity contribution >= 4 is 63.1 Å². The highest BCUT2D eigenvalue weighted by Crippen LogP contribution is 2.40. The predicted molar refractivity (Wildman–Crippen MR) is 133 cm³/mol. The molecule has 1 aromatic heterocycles. The lowest BCUT2D eigenvalue weighted by molar-refractivity contribution is 0.00938. The van der Waals surface area contributed by atoms with Gasteiger partial charge in [-0.25, -0.2) is 4.98 Å². The Balaban J connectivity index is 0.00000136. The number of thiazole rings is 1. The van der Waals surface area contributed by atoms with Gasteiger partial charge in [-0.3, -0.25) is 0 Å². The van der Waals surface area contributed by atoms with Crippen molar-refractivity contribution in [3.63, 3.8) is 0 Å². The SMILES string of the molecule is CC(N)(C1CCN(c2nc3ccccc3s2)CC1)C1COc2ccc(Cl)cc2O1.Cl.Cl. The van der Waals surface area contributed by atoms with Crippen molar-refractivity contribution in [1.82, 2.24) is 4.98 Å². The number of halogens is 3. The molecule has 0 bridgehead atoms. The zero-order valence-electron chi connectivity index (χ0n) is 17.1. The van der Waals surface area contributed by atoms with Crippen molar-refractivity contribution in [2.45, 2.75) is 31.4 Å². The molecule has 2 aliphatic heterocycles. The van der Waals surface area contributed by atoms with Gasteiger partial charge >= 0.3 is 0 Å². The maximum absolute atomic E-state index is 6.84. The number of rotatable bonds is 3. The molecule has 2 N–H and O–H groups in total. The molecular weight excluding hydrogens is 477 g/mol. The molecular formula is C22H26Cl3N3O2S. The average molecular weight is 503 g/mol. The van der Waals surface area contributed by atoms with E-state index in [0.29, 0.717) is 23.3 Å². The highest BCUT2D eigenvalue weighted by atomic mass is 35.5. The van der Waals surface area contributed by atoms with Gasteiger partial charge in [-0.2, -0.15) is 0 Å². The first-order valence-corrected chi connectivity index (χ1v) is 11.2. The fraction of sp³-hybridized carbons (Fsp3) is 0.409. The molecule has 3 aromatic rings. The zero-order chi connectivity index (χ0) is 20.0. The van der Waals surface area contributed by atoms with Crippen molar-refractivity contribution in [3.8, 4) is 11.5 Å². The second-order valence-electron chi connectivity index (χ2n) is 8.10. The third kappa shape index (κ3) is 4.69. The van der Waals surface area contributed by atoms with Gasteiger partial charge in [0.15, 0.2) is 22.7 Å². The van der Waals surface area contributed by atoms with Crippen LogP contribution in [-0.4, -0.2) is 36.3 Å². The molecule has 0 amide bonds. The summed E-state index contributed by atoms with van der Waals surface area (Å²) in [5, 5.41) is 1.74. The summed E-state index contributed by atoms with van der Waals surface area (Å²) in [7, 11) is 0. The first kappa shape index (κ1) is 24.2. The lowest BCUT2D eigenvalue weighted by atomic mass is 9.76. The average Bonchev–Trinajstić information content (AvgIpc) is 3.17. The number of ether oxygens (including phenoxy) is 2. The summed E-state index contributed by atoms with van der Waals surface area (Å²) < 4.78 is 13.4. The number of aromatic nitrogens is 1. The molecule has 0 radical (unpaired) electrons. The number of hydrogen-bond acceptors (Lipinski definition) is 6. The maximum Gasteiger partial charge on any atom is 0.186 e. The summed E-state index contributed by atoms with van der Waals surface area (Å²) in [4.78, 5) is 7.18. The van der Waals surface area contributed by atoms with Gasteiger partial charge in [0, 0.05) is 24.2 Å². The Kier molecular flexibility index (Phi) is 7.49. The smallest absolute Gasteiger partial charge is 0.186 e. The van der Waals surface area contributed by atoms with E-state index in [9.17, 15) is 0 Å². The minimum Gasteiger partial charge on any atom is -0.486 e. The number of nitrogens with zero attached hydrogens (tertiary/aromatic N) is 2. The molecule has 2 aromatic carbocycles. The first-order valence-electron chi connectivity index (χ1n) is 9.99. The van der Waals surface area contributed by atoms with Gasteiger partial charge in [0.1, 0.15) is 6.61 Å². The van der Waals surface area contributed by atoms with Crippen molar-refractivity contribution in [2.24, 2.45) is 11.7 Å². The standard InChI is InChI=1S/C22H24ClN3O2S.2ClH/c1-22(24,20-13-27-17-7-6-15(23)12-18(17)28-20)14-8-10-26(11-9-14)21-25-16-4-2-3-5-19(16)29-21;;/h2-7,12,14,20H,8-11,13,24H2,1H3;2*1H. The monoisotopic (exact) mass is 501 g/mol. The summed E-state index contributed by atoms with van der Waals surface area (Å²) in [5.74, 6) is 1.76. The largest absolute Gasteiger partial charge is 0.486 e. The van der Waals surface area contributed by atoms with Gasteiger partial charge in [0.2, 0.25) is 0 Å². The molecule has 0 saturated carbocycles. The van der Waals surface area contributed by atoms with Crippen molar-refractivity contribution in [3.05, 3.63) is 47.5 Å². The second-order valence-corrected chi connectivity index (χ2v) is 9.55. The van der Waals surface area contributed by atoms with Gasteiger partial charge < -0.3 is 20.1 Å². The molecule has 1 saturated heterocycles. The lowest BCUT2D eigenvalue weighted by Crippen LogP contribution is -2.61. The number of para-hydroxylation sites is 1. The Hall–Kier alpha value is -1.44. The Labute approximate surface area is 203 Å². The normalized spacial score (nSPS) is 20.5. The van der Waals surface area contributed by atoms with Crippen LogP contribution in [0.2, 0.25) is 5.02 Å². The molecule has 0 aliphatic carbocycles. The van der Waals surface area contributed by atoms with Crippen LogP contribution in [0.5, 0.6) is 11.5 Å². The summed E-state index contributed by atoms with van der Waals surface area (Å²) in [6.45, 7) is 4.45. The van der Waals surface area contributed by atoms with Gasteiger partial charge in [-0.05, 0) is 49.9 Å². The van der Waals surface area contributed by atoms with Crippen LogP contribution < -0.4 is 20.1 Å². The lowest BCUT2D eigenvalue weighted by Gasteiger charge is -2.45. The fourth-order valence-electron chi connectivity index (χ4n) is 4.30. The third-order valence-electron chi connectivity index (χ3n) is 6.19. The highest BCUT2D eigenvalue weighted by molar-refractivity contribution is 7.22. The van der Waals surface area contributed by atoms with Crippen LogP contribution in [0.3, 0.4) is 0 Å². The van der Waals surface area contributed by atoms with E-state index >= 15 is 0 Å². The van der Waals surface area contributed by atoms with Gasteiger partial charge in [0.25, 0.3) is 0 Å². The van der Waals surface area contributed by atoms with Gasteiger partial charge in [0.05, 0.1) is 15.8 Å². The fourth-order valence-corrected chi connectivity index (χ4v) is 5.48. The van der Waals surface area contributed by atoms with Crippen LogP contribution in [0.25, 0.3) is 10.2 Å². The predicted octanol–water partition coefficient (Wildman–Crippen LogP) is 5.57. The molecule has 3 heterocycles. The van der Waals surface area contributed by atoms with Crippen molar-refractivity contribution < 1.29 is 9.47 Å². The Morgan fingerprint density at radius 1 is 1.13 bits per heavy atom. The minimum atomic E-state index is -0.486. The first-order chi connectivity index (χ1) is 14.0. The van der Waals surface area contributed by atoms with Crippen LogP contribution in [0.15, 0.2) is 42.5 Å². The number of hydrogen-bond donors (Lipinski definition) is 1. The van der Waals surface area contributed by atoms with Crippen molar-refractivity contribution in [1.29, 1.82) is 0 Å². The molecule has 9 heteroatoms. The molecule has 2 aliphatic rings. The second kappa shape index (κ2) is 9.59. The van der Waals surface area contributed by atoms with Crippen LogP contribution in [0.4, 0.5) is 5.13 Å². The van der Waals surface area contributed by atoms with E-state index in [2.05, 4.69) is 30.0 Å².